The minimum Gasteiger partial charge on any atom is -0.326 e. The Morgan fingerprint density at radius 1 is 1.59 bits per heavy atom. The number of anilines is 1. The molecule has 0 radical (unpaired) electrons. The van der Waals surface area contributed by atoms with Crippen LogP contribution in [0, 0.1) is 11.7 Å². The second-order valence-corrected chi connectivity index (χ2v) is 4.66. The van der Waals surface area contributed by atoms with E-state index in [2.05, 4.69) is 10.6 Å². The Balaban J connectivity index is 2.05. The standard InChI is InChI=1S/C12H14ClFN2O/c1-7-9(4-5-15-7)12(17)16-8-2-3-11(14)10(13)6-8/h2-3,6-7,9,15H,4-5H2,1H3,(H,16,17)/t7-,9-/m0/s1. The Morgan fingerprint density at radius 3 is 2.94 bits per heavy atom. The average Bonchev–Trinajstić information content (AvgIpc) is 2.70. The molecule has 1 aliphatic heterocycles. The molecule has 17 heavy (non-hydrogen) atoms. The van der Waals surface area contributed by atoms with E-state index in [9.17, 15) is 9.18 Å². The first-order valence-electron chi connectivity index (χ1n) is 5.57. The van der Waals surface area contributed by atoms with Gasteiger partial charge in [0.2, 0.25) is 5.91 Å². The summed E-state index contributed by atoms with van der Waals surface area (Å²) >= 11 is 5.65. The van der Waals surface area contributed by atoms with Crippen LogP contribution >= 0.6 is 11.6 Å². The van der Waals surface area contributed by atoms with Crippen molar-refractivity contribution >= 4 is 23.2 Å². The fraction of sp³-hybridized carbons (Fsp3) is 0.417. The number of amides is 1. The normalized spacial score (nSPS) is 23.7. The molecule has 2 rings (SSSR count). The van der Waals surface area contributed by atoms with Gasteiger partial charge in [0.15, 0.2) is 0 Å². The molecule has 92 valence electrons. The van der Waals surface area contributed by atoms with Gasteiger partial charge in [0, 0.05) is 11.7 Å². The number of carbonyl (C=O) groups excluding carboxylic acids is 1. The van der Waals surface area contributed by atoms with Gasteiger partial charge in [-0.05, 0) is 38.1 Å². The molecule has 0 aromatic heterocycles. The van der Waals surface area contributed by atoms with E-state index in [1.165, 1.54) is 18.2 Å². The highest BCUT2D eigenvalue weighted by atomic mass is 35.5. The zero-order chi connectivity index (χ0) is 12.4. The molecule has 0 saturated carbocycles. The van der Waals surface area contributed by atoms with Crippen LogP contribution in [0.5, 0.6) is 0 Å². The van der Waals surface area contributed by atoms with Gasteiger partial charge in [-0.3, -0.25) is 4.79 Å². The Kier molecular flexibility index (Phi) is 3.64. The maximum Gasteiger partial charge on any atom is 0.229 e. The zero-order valence-electron chi connectivity index (χ0n) is 9.47. The van der Waals surface area contributed by atoms with Crippen molar-refractivity contribution in [3.05, 3.63) is 29.0 Å². The summed E-state index contributed by atoms with van der Waals surface area (Å²) in [6, 6.07) is 4.34. The number of benzene rings is 1. The van der Waals surface area contributed by atoms with Gasteiger partial charge in [0.05, 0.1) is 10.9 Å². The molecule has 5 heteroatoms. The zero-order valence-corrected chi connectivity index (χ0v) is 10.2. The van der Waals surface area contributed by atoms with Crippen LogP contribution in [0.25, 0.3) is 0 Å². The van der Waals surface area contributed by atoms with Crippen molar-refractivity contribution in [2.24, 2.45) is 5.92 Å². The summed E-state index contributed by atoms with van der Waals surface area (Å²) in [5.41, 5.74) is 0.528. The van der Waals surface area contributed by atoms with E-state index in [0.29, 0.717) is 5.69 Å². The molecule has 1 amide bonds. The number of rotatable bonds is 2. The highest BCUT2D eigenvalue weighted by Crippen LogP contribution is 2.22. The molecule has 0 aliphatic carbocycles. The van der Waals surface area contributed by atoms with Gasteiger partial charge in [0.1, 0.15) is 5.82 Å². The van der Waals surface area contributed by atoms with Crippen molar-refractivity contribution in [2.45, 2.75) is 19.4 Å². The van der Waals surface area contributed by atoms with Gasteiger partial charge < -0.3 is 10.6 Å². The molecule has 2 N–H and O–H groups in total. The van der Waals surface area contributed by atoms with Crippen molar-refractivity contribution in [3.63, 3.8) is 0 Å². The maximum atomic E-state index is 12.9. The number of carbonyl (C=O) groups is 1. The highest BCUT2D eigenvalue weighted by Gasteiger charge is 2.29. The van der Waals surface area contributed by atoms with Crippen LogP contribution in [0.3, 0.4) is 0 Å². The van der Waals surface area contributed by atoms with E-state index >= 15 is 0 Å². The Morgan fingerprint density at radius 2 is 2.35 bits per heavy atom. The molecular formula is C12H14ClFN2O. The smallest absolute Gasteiger partial charge is 0.229 e. The summed E-state index contributed by atoms with van der Waals surface area (Å²) in [6.07, 6.45) is 0.821. The number of hydrogen-bond donors (Lipinski definition) is 2. The van der Waals surface area contributed by atoms with Gasteiger partial charge in [0.25, 0.3) is 0 Å². The summed E-state index contributed by atoms with van der Waals surface area (Å²) in [4.78, 5) is 11.9. The molecule has 1 saturated heterocycles. The lowest BCUT2D eigenvalue weighted by atomic mass is 10.0. The quantitative estimate of drug-likeness (QED) is 0.853. The van der Waals surface area contributed by atoms with Gasteiger partial charge >= 0.3 is 0 Å². The lowest BCUT2D eigenvalue weighted by molar-refractivity contribution is -0.119. The summed E-state index contributed by atoms with van der Waals surface area (Å²) < 4.78 is 12.9. The second kappa shape index (κ2) is 5.02. The third-order valence-corrected chi connectivity index (χ3v) is 3.34. The molecular weight excluding hydrogens is 243 g/mol. The van der Waals surface area contributed by atoms with Crippen LogP contribution in [0.4, 0.5) is 10.1 Å². The van der Waals surface area contributed by atoms with E-state index < -0.39 is 5.82 Å². The second-order valence-electron chi connectivity index (χ2n) is 4.26. The first-order valence-corrected chi connectivity index (χ1v) is 5.95. The molecule has 1 aliphatic rings. The van der Waals surface area contributed by atoms with E-state index in [-0.39, 0.29) is 22.9 Å². The predicted octanol–water partition coefficient (Wildman–Crippen LogP) is 2.42. The molecule has 0 bridgehead atoms. The summed E-state index contributed by atoms with van der Waals surface area (Å²) in [7, 11) is 0. The van der Waals surface area contributed by atoms with Crippen LogP contribution in [0.2, 0.25) is 5.02 Å². The van der Waals surface area contributed by atoms with Crippen molar-refractivity contribution in [1.29, 1.82) is 0 Å². The molecule has 1 aromatic rings. The molecule has 1 aromatic carbocycles. The number of nitrogens with one attached hydrogen (secondary N) is 2. The van der Waals surface area contributed by atoms with Crippen molar-refractivity contribution in [3.8, 4) is 0 Å². The van der Waals surface area contributed by atoms with E-state index in [1.54, 1.807) is 0 Å². The third kappa shape index (κ3) is 2.76. The number of halogens is 2. The SMILES string of the molecule is C[C@@H]1NCC[C@@H]1C(=O)Nc1ccc(F)c(Cl)c1. The third-order valence-electron chi connectivity index (χ3n) is 3.05. The van der Waals surface area contributed by atoms with Gasteiger partial charge in [-0.1, -0.05) is 11.6 Å². The maximum absolute atomic E-state index is 12.9. The van der Waals surface area contributed by atoms with Crippen LogP contribution in [-0.2, 0) is 4.79 Å². The van der Waals surface area contributed by atoms with Crippen LogP contribution < -0.4 is 10.6 Å². The summed E-state index contributed by atoms with van der Waals surface area (Å²) in [5, 5.41) is 5.98. The Hall–Kier alpha value is -1.13. The molecule has 3 nitrogen and oxygen atoms in total. The van der Waals surface area contributed by atoms with Gasteiger partial charge in [-0.25, -0.2) is 4.39 Å². The van der Waals surface area contributed by atoms with Crippen molar-refractivity contribution in [1.82, 2.24) is 5.32 Å². The Labute approximate surface area is 104 Å². The molecule has 0 spiro atoms. The summed E-state index contributed by atoms with van der Waals surface area (Å²) in [5.74, 6) is -0.579. The monoisotopic (exact) mass is 256 g/mol. The summed E-state index contributed by atoms with van der Waals surface area (Å²) in [6.45, 7) is 2.83. The topological polar surface area (TPSA) is 41.1 Å². The molecule has 0 unspecified atom stereocenters. The minimum atomic E-state index is -0.486. The predicted molar refractivity (Wildman–Crippen MR) is 65.6 cm³/mol. The number of hydrogen-bond acceptors (Lipinski definition) is 2. The van der Waals surface area contributed by atoms with E-state index in [4.69, 9.17) is 11.6 Å². The fourth-order valence-electron chi connectivity index (χ4n) is 2.03. The lowest BCUT2D eigenvalue weighted by Gasteiger charge is -2.15. The first kappa shape index (κ1) is 12.3. The Bertz CT molecular complexity index is 439. The molecule has 1 heterocycles. The van der Waals surface area contributed by atoms with E-state index in [1.807, 2.05) is 6.92 Å². The average molecular weight is 257 g/mol. The lowest BCUT2D eigenvalue weighted by Crippen LogP contribution is -2.32. The van der Waals surface area contributed by atoms with Crippen LogP contribution in [0.15, 0.2) is 18.2 Å². The van der Waals surface area contributed by atoms with Crippen LogP contribution in [0.1, 0.15) is 13.3 Å². The molecule has 2 atom stereocenters. The van der Waals surface area contributed by atoms with Crippen molar-refractivity contribution < 1.29 is 9.18 Å². The largest absolute Gasteiger partial charge is 0.326 e. The first-order chi connectivity index (χ1) is 8.08. The fourth-order valence-corrected chi connectivity index (χ4v) is 2.21. The molecule has 1 fully saturated rings. The van der Waals surface area contributed by atoms with E-state index in [0.717, 1.165) is 13.0 Å². The minimum absolute atomic E-state index is 0.0143. The van der Waals surface area contributed by atoms with Gasteiger partial charge in [-0.2, -0.15) is 0 Å². The highest BCUT2D eigenvalue weighted by molar-refractivity contribution is 6.31. The van der Waals surface area contributed by atoms with Gasteiger partial charge in [-0.15, -0.1) is 0 Å². The van der Waals surface area contributed by atoms with Crippen LogP contribution in [-0.4, -0.2) is 18.5 Å². The van der Waals surface area contributed by atoms with Crippen molar-refractivity contribution in [2.75, 3.05) is 11.9 Å².